The lowest BCUT2D eigenvalue weighted by Crippen LogP contribution is -1.94. The van der Waals surface area contributed by atoms with E-state index in [9.17, 15) is 10.1 Å². The second-order valence-corrected chi connectivity index (χ2v) is 3.73. The van der Waals surface area contributed by atoms with Crippen LogP contribution in [0.15, 0.2) is 36.5 Å². The molecule has 1 aromatic carbocycles. The van der Waals surface area contributed by atoms with E-state index < -0.39 is 4.92 Å². The highest BCUT2D eigenvalue weighted by molar-refractivity contribution is 5.46. The smallest absolute Gasteiger partial charge is 0.272 e. The first-order valence-electron chi connectivity index (χ1n) is 5.20. The Labute approximate surface area is 103 Å². The second-order valence-electron chi connectivity index (χ2n) is 3.73. The van der Waals surface area contributed by atoms with Crippen LogP contribution in [0, 0.1) is 17.0 Å². The van der Waals surface area contributed by atoms with Crippen LogP contribution in [0.4, 0.5) is 11.4 Å². The molecule has 0 aliphatic carbocycles. The number of aryl methyl sites for hydroxylation is 1. The van der Waals surface area contributed by atoms with Gasteiger partial charge in [-0.15, -0.1) is 0 Å². The lowest BCUT2D eigenvalue weighted by Gasteiger charge is -2.06. The molecule has 2 N–H and O–H groups in total. The van der Waals surface area contributed by atoms with Crippen LogP contribution in [0.1, 0.15) is 5.56 Å². The fourth-order valence-electron chi connectivity index (χ4n) is 1.50. The highest BCUT2D eigenvalue weighted by Gasteiger charge is 2.11. The van der Waals surface area contributed by atoms with Crippen molar-refractivity contribution in [2.75, 3.05) is 5.73 Å². The Morgan fingerprint density at radius 2 is 2.11 bits per heavy atom. The molecule has 0 saturated carbocycles. The van der Waals surface area contributed by atoms with Gasteiger partial charge in [0.15, 0.2) is 0 Å². The molecule has 0 spiro atoms. The third kappa shape index (κ3) is 2.54. The molecule has 6 nitrogen and oxygen atoms in total. The minimum absolute atomic E-state index is 0.0582. The number of hydrogen-bond acceptors (Lipinski definition) is 5. The molecule has 18 heavy (non-hydrogen) atoms. The number of anilines is 1. The van der Waals surface area contributed by atoms with E-state index in [1.54, 1.807) is 25.1 Å². The Morgan fingerprint density at radius 1 is 1.33 bits per heavy atom. The highest BCUT2D eigenvalue weighted by atomic mass is 16.6. The fourth-order valence-corrected chi connectivity index (χ4v) is 1.50. The van der Waals surface area contributed by atoms with Crippen LogP contribution in [0.2, 0.25) is 0 Å². The van der Waals surface area contributed by atoms with Crippen molar-refractivity contribution in [2.24, 2.45) is 0 Å². The number of rotatable bonds is 3. The van der Waals surface area contributed by atoms with Gasteiger partial charge < -0.3 is 10.5 Å². The summed E-state index contributed by atoms with van der Waals surface area (Å²) < 4.78 is 5.46. The summed E-state index contributed by atoms with van der Waals surface area (Å²) >= 11 is 0. The summed E-state index contributed by atoms with van der Waals surface area (Å²) in [6.45, 7) is 1.65. The molecule has 0 unspecified atom stereocenters. The third-order valence-corrected chi connectivity index (χ3v) is 2.35. The third-order valence-electron chi connectivity index (χ3n) is 2.35. The minimum Gasteiger partial charge on any atom is -0.439 e. The van der Waals surface area contributed by atoms with Gasteiger partial charge in [0.25, 0.3) is 5.69 Å². The quantitative estimate of drug-likeness (QED) is 0.663. The van der Waals surface area contributed by atoms with Crippen molar-refractivity contribution in [1.29, 1.82) is 0 Å². The summed E-state index contributed by atoms with van der Waals surface area (Å²) in [4.78, 5) is 14.2. The van der Waals surface area contributed by atoms with Crippen LogP contribution in [-0.4, -0.2) is 9.91 Å². The number of nitro groups is 1. The van der Waals surface area contributed by atoms with Crippen molar-refractivity contribution < 1.29 is 9.66 Å². The molecule has 0 fully saturated rings. The number of nitrogens with two attached hydrogens (primary N) is 1. The Bertz CT molecular complexity index is 599. The molecular formula is C12H11N3O3. The number of nitrogen functional groups attached to an aromatic ring is 1. The van der Waals surface area contributed by atoms with Gasteiger partial charge in [-0.2, -0.15) is 0 Å². The predicted octanol–water partition coefficient (Wildman–Crippen LogP) is 2.67. The SMILES string of the molecule is Cc1cc(Oc2cc(N)ccn2)ccc1[N+](=O)[O-]. The van der Waals surface area contributed by atoms with Gasteiger partial charge in [0.2, 0.25) is 5.88 Å². The van der Waals surface area contributed by atoms with E-state index >= 15 is 0 Å². The lowest BCUT2D eigenvalue weighted by atomic mass is 10.2. The Kier molecular flexibility index (Phi) is 3.09. The topological polar surface area (TPSA) is 91.3 Å². The van der Waals surface area contributed by atoms with Gasteiger partial charge in [-0.25, -0.2) is 4.98 Å². The zero-order chi connectivity index (χ0) is 13.1. The maximum Gasteiger partial charge on any atom is 0.272 e. The van der Waals surface area contributed by atoms with E-state index in [0.29, 0.717) is 22.9 Å². The fraction of sp³-hybridized carbons (Fsp3) is 0.0833. The van der Waals surface area contributed by atoms with Crippen molar-refractivity contribution >= 4 is 11.4 Å². The van der Waals surface area contributed by atoms with Crippen molar-refractivity contribution in [3.05, 3.63) is 52.2 Å². The maximum absolute atomic E-state index is 10.7. The molecule has 2 rings (SSSR count). The van der Waals surface area contributed by atoms with Gasteiger partial charge in [0.05, 0.1) is 4.92 Å². The van der Waals surface area contributed by atoms with Gasteiger partial charge in [-0.1, -0.05) is 0 Å². The minimum atomic E-state index is -0.433. The second kappa shape index (κ2) is 4.70. The van der Waals surface area contributed by atoms with E-state index in [2.05, 4.69) is 4.98 Å². The summed E-state index contributed by atoms with van der Waals surface area (Å²) in [6.07, 6.45) is 1.53. The molecule has 92 valence electrons. The van der Waals surface area contributed by atoms with E-state index in [-0.39, 0.29) is 5.69 Å². The average molecular weight is 245 g/mol. The number of ether oxygens (including phenoxy) is 1. The van der Waals surface area contributed by atoms with Crippen LogP contribution in [0.5, 0.6) is 11.6 Å². The summed E-state index contributed by atoms with van der Waals surface area (Å²) in [5, 5.41) is 10.7. The molecular weight excluding hydrogens is 234 g/mol. The van der Waals surface area contributed by atoms with Crippen LogP contribution < -0.4 is 10.5 Å². The van der Waals surface area contributed by atoms with Crippen molar-refractivity contribution in [3.63, 3.8) is 0 Å². The molecule has 0 atom stereocenters. The predicted molar refractivity (Wildman–Crippen MR) is 66.6 cm³/mol. The van der Waals surface area contributed by atoms with Gasteiger partial charge >= 0.3 is 0 Å². The van der Waals surface area contributed by atoms with Crippen molar-refractivity contribution in [2.45, 2.75) is 6.92 Å². The molecule has 2 aromatic rings. The van der Waals surface area contributed by atoms with Gasteiger partial charge in [-0.3, -0.25) is 10.1 Å². The number of aromatic nitrogens is 1. The normalized spacial score (nSPS) is 10.1. The van der Waals surface area contributed by atoms with Crippen LogP contribution in [-0.2, 0) is 0 Å². The largest absolute Gasteiger partial charge is 0.439 e. The Morgan fingerprint density at radius 3 is 2.72 bits per heavy atom. The first-order valence-corrected chi connectivity index (χ1v) is 5.20. The molecule has 0 aliphatic rings. The molecule has 6 heteroatoms. The lowest BCUT2D eigenvalue weighted by molar-refractivity contribution is -0.385. The monoisotopic (exact) mass is 245 g/mol. The van der Waals surface area contributed by atoms with Crippen molar-refractivity contribution in [1.82, 2.24) is 4.98 Å². The van der Waals surface area contributed by atoms with Gasteiger partial charge in [-0.05, 0) is 25.1 Å². The number of benzene rings is 1. The molecule has 0 radical (unpaired) electrons. The molecule has 0 amide bonds. The number of nitro benzene ring substituents is 1. The van der Waals surface area contributed by atoms with Crippen LogP contribution in [0.3, 0.4) is 0 Å². The number of nitrogens with zero attached hydrogens (tertiary/aromatic N) is 2. The van der Waals surface area contributed by atoms with Crippen LogP contribution in [0.25, 0.3) is 0 Å². The summed E-state index contributed by atoms with van der Waals surface area (Å²) in [6, 6.07) is 7.74. The van der Waals surface area contributed by atoms with Crippen LogP contribution >= 0.6 is 0 Å². The zero-order valence-corrected chi connectivity index (χ0v) is 9.66. The van der Waals surface area contributed by atoms with Gasteiger partial charge in [0.1, 0.15) is 5.75 Å². The maximum atomic E-state index is 10.7. The Hall–Kier alpha value is -2.63. The highest BCUT2D eigenvalue weighted by Crippen LogP contribution is 2.26. The zero-order valence-electron chi connectivity index (χ0n) is 9.66. The van der Waals surface area contributed by atoms with Gasteiger partial charge in [0, 0.05) is 29.6 Å². The van der Waals surface area contributed by atoms with Crippen molar-refractivity contribution in [3.8, 4) is 11.6 Å². The average Bonchev–Trinajstić information content (AvgIpc) is 2.28. The molecule has 0 aliphatic heterocycles. The summed E-state index contributed by atoms with van der Waals surface area (Å²) in [5.41, 5.74) is 6.72. The summed E-state index contributed by atoms with van der Waals surface area (Å²) in [7, 11) is 0. The molecule has 0 saturated heterocycles. The molecule has 0 bridgehead atoms. The molecule has 1 aromatic heterocycles. The first-order chi connectivity index (χ1) is 8.56. The van der Waals surface area contributed by atoms with E-state index in [4.69, 9.17) is 10.5 Å². The van der Waals surface area contributed by atoms with E-state index in [1.165, 1.54) is 18.3 Å². The standard InChI is InChI=1S/C12H11N3O3/c1-8-6-10(2-3-11(8)15(16)17)18-12-7-9(13)4-5-14-12/h2-7H,1H3,(H2,13,14). The Balaban J connectivity index is 2.25. The first kappa shape index (κ1) is 11.8. The number of hydrogen-bond donors (Lipinski definition) is 1. The van der Waals surface area contributed by atoms with E-state index in [1.807, 2.05) is 0 Å². The number of pyridine rings is 1. The van der Waals surface area contributed by atoms with E-state index in [0.717, 1.165) is 0 Å². The molecule has 1 heterocycles. The summed E-state index contributed by atoms with van der Waals surface area (Å²) in [5.74, 6) is 0.833.